The molecule has 0 N–H and O–H groups in total. The summed E-state index contributed by atoms with van der Waals surface area (Å²) >= 11 is 0. The van der Waals surface area contributed by atoms with E-state index in [-0.39, 0.29) is 11.4 Å². The van der Waals surface area contributed by atoms with Gasteiger partial charge in [-0.25, -0.2) is 9.07 Å². The topological polar surface area (TPSA) is 61.9 Å². The first-order chi connectivity index (χ1) is 14.5. The smallest absolute Gasteiger partial charge is 0.250 e. The summed E-state index contributed by atoms with van der Waals surface area (Å²) in [5.41, 5.74) is 2.56. The highest BCUT2D eigenvalue weighted by Crippen LogP contribution is 2.25. The second-order valence-corrected chi connectivity index (χ2v) is 8.36. The van der Waals surface area contributed by atoms with Crippen molar-refractivity contribution in [3.8, 4) is 16.8 Å². The van der Waals surface area contributed by atoms with Crippen molar-refractivity contribution >= 4 is 0 Å². The van der Waals surface area contributed by atoms with Gasteiger partial charge in [0.05, 0.1) is 11.9 Å². The third-order valence-corrected chi connectivity index (χ3v) is 5.44. The Kier molecular flexibility index (Phi) is 6.08. The van der Waals surface area contributed by atoms with E-state index in [4.69, 9.17) is 4.74 Å². The average Bonchev–Trinajstić information content (AvgIpc) is 3.20. The molecule has 0 atom stereocenters. The average molecular weight is 410 g/mol. The maximum Gasteiger partial charge on any atom is 0.250 e. The van der Waals surface area contributed by atoms with Gasteiger partial charge < -0.3 is 9.30 Å². The second kappa shape index (κ2) is 8.92. The second-order valence-electron chi connectivity index (χ2n) is 8.36. The van der Waals surface area contributed by atoms with Crippen molar-refractivity contribution in [1.29, 1.82) is 0 Å². The Morgan fingerprint density at radius 3 is 2.73 bits per heavy atom. The van der Waals surface area contributed by atoms with Gasteiger partial charge in [0.15, 0.2) is 0 Å². The maximum atomic E-state index is 14.8. The quantitative estimate of drug-likeness (QED) is 0.619. The Hall–Kier alpha value is -2.80. The molecule has 1 aliphatic heterocycles. The molecule has 1 aliphatic rings. The number of nitrogens with zero attached hydrogens (tertiary/aromatic N) is 4. The molecule has 6 nitrogen and oxygen atoms in total. The molecular weight excluding hydrogens is 383 g/mol. The molecule has 3 aromatic heterocycles. The van der Waals surface area contributed by atoms with Crippen LogP contribution in [0.15, 0.2) is 47.8 Å². The standard InChI is InChI=1S/C23H27FN4O2/c1-16(2)13-27-15-20(3-4-23(27)29)28-14-18(11-26-28)21-12-25-19(10-22(21)24)9-17-5-7-30-8-6-17/h3-4,10-12,14-17H,5-9,13H2,1-2H3. The first-order valence-corrected chi connectivity index (χ1v) is 10.5. The van der Waals surface area contributed by atoms with Gasteiger partial charge in [0.2, 0.25) is 0 Å². The summed E-state index contributed by atoms with van der Waals surface area (Å²) in [5.74, 6) is 0.558. The van der Waals surface area contributed by atoms with E-state index < -0.39 is 0 Å². The van der Waals surface area contributed by atoms with Crippen molar-refractivity contribution in [2.24, 2.45) is 11.8 Å². The largest absolute Gasteiger partial charge is 0.381 e. The molecule has 0 bridgehead atoms. The lowest BCUT2D eigenvalue weighted by molar-refractivity contribution is 0.0662. The fourth-order valence-electron chi connectivity index (χ4n) is 3.83. The molecule has 1 fully saturated rings. The monoisotopic (exact) mass is 410 g/mol. The molecule has 0 aromatic carbocycles. The number of hydrogen-bond donors (Lipinski definition) is 0. The Morgan fingerprint density at radius 1 is 1.20 bits per heavy atom. The van der Waals surface area contributed by atoms with Crippen molar-refractivity contribution in [2.75, 3.05) is 13.2 Å². The van der Waals surface area contributed by atoms with Crippen molar-refractivity contribution in [2.45, 2.75) is 39.7 Å². The zero-order chi connectivity index (χ0) is 21.1. The molecule has 4 rings (SSSR count). The molecule has 0 saturated carbocycles. The van der Waals surface area contributed by atoms with Gasteiger partial charge in [-0.2, -0.15) is 5.10 Å². The SMILES string of the molecule is CC(C)Cn1cc(-n2cc(-c3cnc(CC4CCOCC4)cc3F)cn2)ccc1=O. The van der Waals surface area contributed by atoms with Crippen LogP contribution in [0.5, 0.6) is 0 Å². The summed E-state index contributed by atoms with van der Waals surface area (Å²) in [6.45, 7) is 6.30. The molecule has 0 spiro atoms. The summed E-state index contributed by atoms with van der Waals surface area (Å²) in [5, 5.41) is 4.36. The van der Waals surface area contributed by atoms with Crippen LogP contribution in [-0.4, -0.2) is 32.5 Å². The van der Waals surface area contributed by atoms with Gasteiger partial charge in [-0.3, -0.25) is 9.78 Å². The molecule has 0 amide bonds. The molecule has 0 radical (unpaired) electrons. The lowest BCUT2D eigenvalue weighted by Gasteiger charge is -2.21. The van der Waals surface area contributed by atoms with Crippen LogP contribution < -0.4 is 5.56 Å². The van der Waals surface area contributed by atoms with Crippen molar-refractivity contribution in [3.63, 3.8) is 0 Å². The summed E-state index contributed by atoms with van der Waals surface area (Å²) in [7, 11) is 0. The number of rotatable bonds is 6. The molecule has 30 heavy (non-hydrogen) atoms. The highest BCUT2D eigenvalue weighted by Gasteiger charge is 2.17. The van der Waals surface area contributed by atoms with Crippen LogP contribution in [0, 0.1) is 17.7 Å². The van der Waals surface area contributed by atoms with Crippen molar-refractivity contribution in [1.82, 2.24) is 19.3 Å². The lowest BCUT2D eigenvalue weighted by Crippen LogP contribution is -2.21. The van der Waals surface area contributed by atoms with Crippen LogP contribution in [0.25, 0.3) is 16.8 Å². The first kappa shape index (κ1) is 20.5. The number of halogens is 1. The number of ether oxygens (including phenoxy) is 1. The van der Waals surface area contributed by atoms with E-state index in [2.05, 4.69) is 23.9 Å². The van der Waals surface area contributed by atoms with E-state index in [1.807, 2.05) is 0 Å². The fourth-order valence-corrected chi connectivity index (χ4v) is 3.83. The predicted molar refractivity (Wildman–Crippen MR) is 113 cm³/mol. The maximum absolute atomic E-state index is 14.8. The van der Waals surface area contributed by atoms with E-state index in [1.54, 1.807) is 40.1 Å². The van der Waals surface area contributed by atoms with Gasteiger partial charge in [-0.1, -0.05) is 13.8 Å². The molecule has 1 saturated heterocycles. The minimum absolute atomic E-state index is 0.0461. The van der Waals surface area contributed by atoms with Crippen LogP contribution in [0.4, 0.5) is 4.39 Å². The van der Waals surface area contributed by atoms with Gasteiger partial charge in [0, 0.05) is 61.2 Å². The Bertz CT molecular complexity index is 1070. The zero-order valence-electron chi connectivity index (χ0n) is 17.4. The van der Waals surface area contributed by atoms with Crippen LogP contribution in [0.2, 0.25) is 0 Å². The Balaban J connectivity index is 1.54. The molecule has 158 valence electrons. The van der Waals surface area contributed by atoms with Gasteiger partial charge in [0.1, 0.15) is 5.82 Å². The van der Waals surface area contributed by atoms with E-state index in [0.717, 1.165) is 43.9 Å². The van der Waals surface area contributed by atoms with Gasteiger partial charge >= 0.3 is 0 Å². The van der Waals surface area contributed by atoms with Gasteiger partial charge in [-0.15, -0.1) is 0 Å². The van der Waals surface area contributed by atoms with E-state index in [9.17, 15) is 9.18 Å². The molecule has 0 aliphatic carbocycles. The minimum Gasteiger partial charge on any atom is -0.381 e. The molecule has 4 heterocycles. The third kappa shape index (κ3) is 4.67. The van der Waals surface area contributed by atoms with Gasteiger partial charge in [0.25, 0.3) is 5.56 Å². The Labute approximate surface area is 175 Å². The summed E-state index contributed by atoms with van der Waals surface area (Å²) < 4.78 is 23.5. The first-order valence-electron chi connectivity index (χ1n) is 10.5. The highest BCUT2D eigenvalue weighted by molar-refractivity contribution is 5.62. The number of aromatic nitrogens is 4. The molecule has 3 aromatic rings. The Morgan fingerprint density at radius 2 is 2.00 bits per heavy atom. The molecule has 0 unspecified atom stereocenters. The van der Waals surface area contributed by atoms with Crippen LogP contribution in [0.1, 0.15) is 32.4 Å². The summed E-state index contributed by atoms with van der Waals surface area (Å²) in [6.07, 6.45) is 9.52. The summed E-state index contributed by atoms with van der Waals surface area (Å²) in [6, 6.07) is 4.79. The number of hydrogen-bond acceptors (Lipinski definition) is 4. The predicted octanol–water partition coefficient (Wildman–Crippen LogP) is 3.86. The van der Waals surface area contributed by atoms with E-state index in [1.165, 1.54) is 12.1 Å². The third-order valence-electron chi connectivity index (χ3n) is 5.44. The van der Waals surface area contributed by atoms with Crippen molar-refractivity contribution in [3.05, 3.63) is 64.9 Å². The normalized spacial score (nSPS) is 15.1. The lowest BCUT2D eigenvalue weighted by atomic mass is 9.94. The molecular formula is C23H27FN4O2. The minimum atomic E-state index is -0.295. The highest BCUT2D eigenvalue weighted by atomic mass is 19.1. The molecule has 7 heteroatoms. The van der Waals surface area contributed by atoms with Crippen LogP contribution in [0.3, 0.4) is 0 Å². The number of pyridine rings is 2. The van der Waals surface area contributed by atoms with E-state index >= 15 is 0 Å². The van der Waals surface area contributed by atoms with Crippen molar-refractivity contribution < 1.29 is 9.13 Å². The van der Waals surface area contributed by atoms with Crippen LogP contribution in [-0.2, 0) is 17.7 Å². The fraction of sp³-hybridized carbons (Fsp3) is 0.435. The van der Waals surface area contributed by atoms with Crippen LogP contribution >= 0.6 is 0 Å². The van der Waals surface area contributed by atoms with E-state index in [0.29, 0.717) is 29.5 Å². The summed E-state index contributed by atoms with van der Waals surface area (Å²) in [4.78, 5) is 16.5. The zero-order valence-corrected chi connectivity index (χ0v) is 17.4. The van der Waals surface area contributed by atoms with Gasteiger partial charge in [-0.05, 0) is 43.2 Å².